The summed E-state index contributed by atoms with van der Waals surface area (Å²) in [6.07, 6.45) is 1.76. The van der Waals surface area contributed by atoms with Gasteiger partial charge in [0.25, 0.3) is 0 Å². The van der Waals surface area contributed by atoms with Crippen molar-refractivity contribution in [3.63, 3.8) is 0 Å². The Hall–Kier alpha value is -2.93. The highest BCUT2D eigenvalue weighted by Gasteiger charge is 2.23. The number of para-hydroxylation sites is 1. The molecule has 1 fully saturated rings. The van der Waals surface area contributed by atoms with E-state index in [9.17, 15) is 14.0 Å². The van der Waals surface area contributed by atoms with Gasteiger partial charge in [-0.25, -0.2) is 4.39 Å². The molecule has 0 spiro atoms. The topological polar surface area (TPSA) is 53.5 Å². The maximum Gasteiger partial charge on any atom is 0.233 e. The van der Waals surface area contributed by atoms with Gasteiger partial charge in [-0.1, -0.05) is 18.2 Å². The summed E-state index contributed by atoms with van der Waals surface area (Å²) in [4.78, 5) is 33.3. The fraction of sp³-hybridized carbons (Fsp3) is 0.261. The number of amides is 1. The Morgan fingerprint density at radius 3 is 2.57 bits per heavy atom. The molecule has 0 N–H and O–H groups in total. The summed E-state index contributed by atoms with van der Waals surface area (Å²) in [7, 11) is 0. The van der Waals surface area contributed by atoms with Crippen molar-refractivity contribution in [3.05, 3.63) is 66.1 Å². The van der Waals surface area contributed by atoms with Crippen molar-refractivity contribution in [2.24, 2.45) is 0 Å². The molecule has 2 aromatic carbocycles. The molecule has 2 heterocycles. The van der Waals surface area contributed by atoms with Crippen LogP contribution in [-0.4, -0.2) is 53.5 Å². The predicted octanol–water partition coefficient (Wildman–Crippen LogP) is 4.02. The number of hydrogen-bond donors (Lipinski definition) is 0. The second-order valence-electron chi connectivity index (χ2n) is 7.21. The second kappa shape index (κ2) is 8.83. The maximum atomic E-state index is 14.4. The molecule has 0 saturated carbocycles. The molecule has 7 heteroatoms. The fourth-order valence-electron chi connectivity index (χ4n) is 3.61. The largest absolute Gasteiger partial charge is 0.366 e. The van der Waals surface area contributed by atoms with Crippen LogP contribution in [0, 0.1) is 5.82 Å². The summed E-state index contributed by atoms with van der Waals surface area (Å²) in [5.74, 6) is -0.124. The molecule has 0 aliphatic carbocycles. The Labute approximate surface area is 178 Å². The number of nitrogens with zero attached hydrogens (tertiary/aromatic N) is 3. The number of fused-ring (bicyclic) bond motifs is 1. The third-order valence-electron chi connectivity index (χ3n) is 5.29. The first-order chi connectivity index (χ1) is 14.5. The number of carbonyl (C=O) groups excluding carboxylic acids is 2. The van der Waals surface area contributed by atoms with Crippen LogP contribution in [0.25, 0.3) is 10.9 Å². The molecule has 154 valence electrons. The molecule has 3 aromatic rings. The number of ketones is 1. The van der Waals surface area contributed by atoms with Gasteiger partial charge in [-0.2, -0.15) is 0 Å². The van der Waals surface area contributed by atoms with Crippen LogP contribution in [0.2, 0.25) is 0 Å². The van der Waals surface area contributed by atoms with E-state index >= 15 is 0 Å². The molecular formula is C23H22FN3O2S. The molecular weight excluding hydrogens is 401 g/mol. The van der Waals surface area contributed by atoms with Crippen LogP contribution in [-0.2, 0) is 4.79 Å². The van der Waals surface area contributed by atoms with E-state index in [1.54, 1.807) is 18.3 Å². The van der Waals surface area contributed by atoms with Crippen LogP contribution in [0.15, 0.2) is 59.6 Å². The number of aromatic nitrogens is 1. The van der Waals surface area contributed by atoms with Crippen LogP contribution in [0.3, 0.4) is 0 Å². The highest BCUT2D eigenvalue weighted by atomic mass is 32.2. The van der Waals surface area contributed by atoms with Crippen LogP contribution < -0.4 is 4.90 Å². The highest BCUT2D eigenvalue weighted by molar-refractivity contribution is 8.00. The van der Waals surface area contributed by atoms with E-state index in [2.05, 4.69) is 4.98 Å². The molecule has 1 aliphatic rings. The SMILES string of the molecule is CC(=O)c1ccc(N2CCN(C(=O)CSc3ccnc4ccccc34)CC2)c(F)c1. The lowest BCUT2D eigenvalue weighted by Crippen LogP contribution is -2.49. The van der Waals surface area contributed by atoms with E-state index < -0.39 is 5.82 Å². The van der Waals surface area contributed by atoms with E-state index in [0.29, 0.717) is 43.2 Å². The minimum Gasteiger partial charge on any atom is -0.366 e. The Balaban J connectivity index is 1.35. The van der Waals surface area contributed by atoms with Gasteiger partial charge in [0.15, 0.2) is 5.78 Å². The van der Waals surface area contributed by atoms with Gasteiger partial charge in [-0.05, 0) is 37.3 Å². The van der Waals surface area contributed by atoms with Crippen molar-refractivity contribution in [2.45, 2.75) is 11.8 Å². The third-order valence-corrected chi connectivity index (χ3v) is 6.35. The summed E-state index contributed by atoms with van der Waals surface area (Å²) in [5, 5.41) is 1.05. The van der Waals surface area contributed by atoms with E-state index in [0.717, 1.165) is 15.8 Å². The maximum absolute atomic E-state index is 14.4. The molecule has 30 heavy (non-hydrogen) atoms. The molecule has 1 amide bonds. The van der Waals surface area contributed by atoms with Crippen LogP contribution in [0.1, 0.15) is 17.3 Å². The fourth-order valence-corrected chi connectivity index (χ4v) is 4.55. The summed E-state index contributed by atoms with van der Waals surface area (Å²) in [6.45, 7) is 3.64. The van der Waals surface area contributed by atoms with Gasteiger partial charge in [0, 0.05) is 48.2 Å². The van der Waals surface area contributed by atoms with E-state index in [4.69, 9.17) is 0 Å². The predicted molar refractivity (Wildman–Crippen MR) is 118 cm³/mol. The molecule has 1 aromatic heterocycles. The molecule has 4 rings (SSSR count). The van der Waals surface area contributed by atoms with Crippen molar-refractivity contribution in [2.75, 3.05) is 36.8 Å². The Morgan fingerprint density at radius 2 is 1.83 bits per heavy atom. The number of halogens is 1. The normalized spacial score (nSPS) is 14.2. The smallest absolute Gasteiger partial charge is 0.233 e. The Kier molecular flexibility index (Phi) is 5.99. The summed E-state index contributed by atoms with van der Waals surface area (Å²) in [6, 6.07) is 14.4. The lowest BCUT2D eigenvalue weighted by Gasteiger charge is -2.36. The zero-order valence-corrected chi connectivity index (χ0v) is 17.5. The molecule has 0 atom stereocenters. The Morgan fingerprint density at radius 1 is 1.07 bits per heavy atom. The summed E-state index contributed by atoms with van der Waals surface area (Å²) < 4.78 is 14.4. The van der Waals surface area contributed by atoms with Crippen molar-refractivity contribution < 1.29 is 14.0 Å². The van der Waals surface area contributed by atoms with Gasteiger partial charge in [0.05, 0.1) is 17.0 Å². The van der Waals surface area contributed by atoms with Crippen molar-refractivity contribution in [3.8, 4) is 0 Å². The van der Waals surface area contributed by atoms with Gasteiger partial charge in [-0.15, -0.1) is 11.8 Å². The third kappa shape index (κ3) is 4.31. The van der Waals surface area contributed by atoms with Gasteiger partial charge in [0.1, 0.15) is 5.82 Å². The van der Waals surface area contributed by atoms with E-state index in [1.807, 2.05) is 40.1 Å². The second-order valence-corrected chi connectivity index (χ2v) is 8.22. The van der Waals surface area contributed by atoms with Gasteiger partial charge in [-0.3, -0.25) is 14.6 Å². The van der Waals surface area contributed by atoms with Gasteiger partial charge < -0.3 is 9.80 Å². The number of rotatable bonds is 5. The minimum atomic E-state index is -0.400. The standard InChI is InChI=1S/C23H22FN3O2S/c1-16(28)17-6-7-21(19(24)14-17)26-10-12-27(13-11-26)23(29)15-30-22-8-9-25-20-5-3-2-4-18(20)22/h2-9,14H,10-13,15H2,1H3. The quantitative estimate of drug-likeness (QED) is 0.458. The monoisotopic (exact) mass is 423 g/mol. The highest BCUT2D eigenvalue weighted by Crippen LogP contribution is 2.27. The first-order valence-corrected chi connectivity index (χ1v) is 10.8. The van der Waals surface area contributed by atoms with E-state index in [-0.39, 0.29) is 11.7 Å². The van der Waals surface area contributed by atoms with E-state index in [1.165, 1.54) is 24.8 Å². The first-order valence-electron chi connectivity index (χ1n) is 9.82. The average molecular weight is 424 g/mol. The molecule has 5 nitrogen and oxygen atoms in total. The zero-order chi connectivity index (χ0) is 21.1. The van der Waals surface area contributed by atoms with Crippen LogP contribution in [0.5, 0.6) is 0 Å². The zero-order valence-electron chi connectivity index (χ0n) is 16.7. The molecule has 0 bridgehead atoms. The number of piperazine rings is 1. The number of thioether (sulfide) groups is 1. The number of pyridine rings is 1. The molecule has 0 unspecified atom stereocenters. The minimum absolute atomic E-state index is 0.0768. The van der Waals surface area contributed by atoms with Crippen LogP contribution in [0.4, 0.5) is 10.1 Å². The van der Waals surface area contributed by atoms with Crippen molar-refractivity contribution >= 4 is 40.0 Å². The average Bonchev–Trinajstić information content (AvgIpc) is 2.77. The molecule has 1 aliphatic heterocycles. The van der Waals surface area contributed by atoms with Gasteiger partial charge >= 0.3 is 0 Å². The summed E-state index contributed by atoms with van der Waals surface area (Å²) in [5.41, 5.74) is 1.76. The lowest BCUT2D eigenvalue weighted by atomic mass is 10.1. The number of hydrogen-bond acceptors (Lipinski definition) is 5. The number of anilines is 1. The molecule has 0 radical (unpaired) electrons. The number of benzene rings is 2. The van der Waals surface area contributed by atoms with Gasteiger partial charge in [0.2, 0.25) is 5.91 Å². The number of Topliss-reactive ketones (excluding diaryl/α,β-unsaturated/α-hetero) is 1. The lowest BCUT2D eigenvalue weighted by molar-refractivity contribution is -0.128. The Bertz CT molecular complexity index is 1090. The first kappa shape index (κ1) is 20.3. The number of carbonyl (C=O) groups is 2. The van der Waals surface area contributed by atoms with Crippen molar-refractivity contribution in [1.29, 1.82) is 0 Å². The summed E-state index contributed by atoms with van der Waals surface area (Å²) >= 11 is 1.52. The molecule has 1 saturated heterocycles. The van der Waals surface area contributed by atoms with Crippen molar-refractivity contribution in [1.82, 2.24) is 9.88 Å². The van der Waals surface area contributed by atoms with Crippen LogP contribution >= 0.6 is 11.8 Å².